The van der Waals surface area contributed by atoms with E-state index in [0.717, 1.165) is 35.1 Å². The molecule has 0 spiro atoms. The van der Waals surface area contributed by atoms with Crippen molar-refractivity contribution in [2.75, 3.05) is 0 Å². The molecule has 26 heavy (non-hydrogen) atoms. The Bertz CT molecular complexity index is 923. The molecule has 0 radical (unpaired) electrons. The van der Waals surface area contributed by atoms with Gasteiger partial charge >= 0.3 is 0 Å². The van der Waals surface area contributed by atoms with Crippen molar-refractivity contribution in [1.82, 2.24) is 24.9 Å². The first-order valence-electron chi connectivity index (χ1n) is 8.84. The average Bonchev–Trinajstić information content (AvgIpc) is 3.00. The molecule has 0 atom stereocenters. The maximum absolute atomic E-state index is 6.29. The smallest absolute Gasteiger partial charge is 0.0677 e. The maximum Gasteiger partial charge on any atom is 0.0677 e. The second kappa shape index (κ2) is 7.64. The van der Waals surface area contributed by atoms with Gasteiger partial charge in [0.15, 0.2) is 0 Å². The minimum atomic E-state index is 0.688. The van der Waals surface area contributed by atoms with Gasteiger partial charge in [0.2, 0.25) is 0 Å². The summed E-state index contributed by atoms with van der Waals surface area (Å²) in [6.45, 7) is 10.6. The molecular weight excluding hydrogens is 346 g/mol. The van der Waals surface area contributed by atoms with E-state index in [1.807, 2.05) is 40.7 Å². The van der Waals surface area contributed by atoms with Crippen molar-refractivity contribution in [2.45, 2.75) is 47.3 Å². The van der Waals surface area contributed by atoms with Crippen molar-refractivity contribution in [3.8, 4) is 0 Å². The summed E-state index contributed by atoms with van der Waals surface area (Å²) >= 11 is 6.29. The van der Waals surface area contributed by atoms with Crippen LogP contribution in [0.1, 0.15) is 39.5 Å². The number of hydrogen-bond acceptors (Lipinski definition) is 3. The van der Waals surface area contributed by atoms with Crippen LogP contribution in [0.2, 0.25) is 5.02 Å². The van der Waals surface area contributed by atoms with Gasteiger partial charge in [-0.2, -0.15) is 10.2 Å². The van der Waals surface area contributed by atoms with Gasteiger partial charge in [0, 0.05) is 47.7 Å². The van der Waals surface area contributed by atoms with Crippen LogP contribution in [0.4, 0.5) is 0 Å². The average molecular weight is 372 g/mol. The van der Waals surface area contributed by atoms with Gasteiger partial charge in [-0.1, -0.05) is 29.8 Å². The Hall–Kier alpha value is -2.11. The molecule has 3 rings (SSSR count). The van der Waals surface area contributed by atoms with Gasteiger partial charge in [-0.3, -0.25) is 9.36 Å². The van der Waals surface area contributed by atoms with Crippen LogP contribution in [0.3, 0.4) is 0 Å². The van der Waals surface area contributed by atoms with Gasteiger partial charge in [0.1, 0.15) is 0 Å². The number of benzene rings is 1. The minimum absolute atomic E-state index is 0.688. The predicted octanol–water partition coefficient (Wildman–Crippen LogP) is 3.84. The van der Waals surface area contributed by atoms with Gasteiger partial charge in [0.25, 0.3) is 0 Å². The highest BCUT2D eigenvalue weighted by Crippen LogP contribution is 2.20. The number of aryl methyl sites for hydroxylation is 3. The number of hydrogen-bond donors (Lipinski definition) is 1. The van der Waals surface area contributed by atoms with Crippen LogP contribution in [-0.2, 0) is 26.7 Å². The first-order chi connectivity index (χ1) is 12.4. The molecule has 2 aromatic heterocycles. The first-order valence-corrected chi connectivity index (χ1v) is 9.22. The molecule has 2 heterocycles. The highest BCUT2D eigenvalue weighted by Gasteiger charge is 2.14. The summed E-state index contributed by atoms with van der Waals surface area (Å²) in [5.74, 6) is 0. The van der Waals surface area contributed by atoms with E-state index in [2.05, 4.69) is 38.1 Å². The summed E-state index contributed by atoms with van der Waals surface area (Å²) in [5.41, 5.74) is 8.12. The molecule has 0 aliphatic rings. The summed E-state index contributed by atoms with van der Waals surface area (Å²) in [7, 11) is 1.98. The molecule has 0 saturated heterocycles. The van der Waals surface area contributed by atoms with E-state index in [1.165, 1.54) is 22.5 Å². The molecule has 1 aromatic carbocycles. The monoisotopic (exact) mass is 371 g/mol. The summed E-state index contributed by atoms with van der Waals surface area (Å²) in [4.78, 5) is 0. The van der Waals surface area contributed by atoms with Gasteiger partial charge in [-0.25, -0.2) is 0 Å². The van der Waals surface area contributed by atoms with E-state index in [4.69, 9.17) is 16.7 Å². The van der Waals surface area contributed by atoms with Crippen molar-refractivity contribution in [2.24, 2.45) is 7.05 Å². The largest absolute Gasteiger partial charge is 0.308 e. The van der Waals surface area contributed by atoms with Crippen LogP contribution in [0.25, 0.3) is 0 Å². The van der Waals surface area contributed by atoms with E-state index in [9.17, 15) is 0 Å². The molecule has 3 aromatic rings. The van der Waals surface area contributed by atoms with Crippen LogP contribution in [0.5, 0.6) is 0 Å². The molecule has 0 aliphatic heterocycles. The van der Waals surface area contributed by atoms with Crippen LogP contribution in [0, 0.1) is 27.7 Å². The van der Waals surface area contributed by atoms with Crippen molar-refractivity contribution >= 4 is 11.6 Å². The summed E-state index contributed by atoms with van der Waals surface area (Å²) in [6, 6.07) is 7.92. The number of rotatable bonds is 6. The molecular formula is C20H26ClN5. The highest BCUT2D eigenvalue weighted by atomic mass is 35.5. The topological polar surface area (TPSA) is 47.7 Å². The number of nitrogens with one attached hydrogen (secondary N) is 1. The van der Waals surface area contributed by atoms with Crippen LogP contribution < -0.4 is 5.32 Å². The SMILES string of the molecule is Cc1nn(C)c(C)c1CNCc1c(C)nn(Cc2ccccc2Cl)c1C. The van der Waals surface area contributed by atoms with Crippen LogP contribution in [0.15, 0.2) is 24.3 Å². The fourth-order valence-electron chi connectivity index (χ4n) is 3.32. The first kappa shape index (κ1) is 18.7. The van der Waals surface area contributed by atoms with Gasteiger partial charge in [-0.05, 0) is 39.3 Å². The molecule has 0 unspecified atom stereocenters. The van der Waals surface area contributed by atoms with E-state index >= 15 is 0 Å². The third-order valence-electron chi connectivity index (χ3n) is 5.07. The normalized spacial score (nSPS) is 11.3. The minimum Gasteiger partial charge on any atom is -0.308 e. The van der Waals surface area contributed by atoms with Crippen molar-refractivity contribution in [3.05, 3.63) is 68.8 Å². The lowest BCUT2D eigenvalue weighted by atomic mass is 10.1. The Labute approximate surface area is 160 Å². The third kappa shape index (κ3) is 3.69. The lowest BCUT2D eigenvalue weighted by Crippen LogP contribution is -2.15. The summed E-state index contributed by atoms with van der Waals surface area (Å²) in [5, 5.41) is 13.5. The van der Waals surface area contributed by atoms with Gasteiger partial charge in [-0.15, -0.1) is 0 Å². The van der Waals surface area contributed by atoms with E-state index < -0.39 is 0 Å². The highest BCUT2D eigenvalue weighted by molar-refractivity contribution is 6.31. The molecule has 6 heteroatoms. The molecule has 0 fully saturated rings. The molecule has 5 nitrogen and oxygen atoms in total. The molecule has 1 N–H and O–H groups in total. The Balaban J connectivity index is 1.71. The zero-order chi connectivity index (χ0) is 18.8. The van der Waals surface area contributed by atoms with Crippen molar-refractivity contribution in [3.63, 3.8) is 0 Å². The standard InChI is InChI=1S/C20H26ClN5/c1-13-18(15(3)25(5)23-13)10-22-11-19-14(2)24-26(16(19)4)12-17-8-6-7-9-20(17)21/h6-9,22H,10-12H2,1-5H3. The molecule has 0 aliphatic carbocycles. The number of aromatic nitrogens is 4. The van der Waals surface area contributed by atoms with Crippen LogP contribution in [-0.4, -0.2) is 19.6 Å². The van der Waals surface area contributed by atoms with Gasteiger partial charge in [0.05, 0.1) is 17.9 Å². The van der Waals surface area contributed by atoms with Crippen LogP contribution >= 0.6 is 11.6 Å². The fourth-order valence-corrected chi connectivity index (χ4v) is 3.51. The third-order valence-corrected chi connectivity index (χ3v) is 5.44. The lowest BCUT2D eigenvalue weighted by molar-refractivity contribution is 0.652. The Kier molecular flexibility index (Phi) is 5.49. The molecule has 0 bridgehead atoms. The second-order valence-corrected chi connectivity index (χ2v) is 7.18. The molecule has 138 valence electrons. The molecule has 0 saturated carbocycles. The summed E-state index contributed by atoms with van der Waals surface area (Å²) in [6.07, 6.45) is 0. The second-order valence-electron chi connectivity index (χ2n) is 6.77. The van der Waals surface area contributed by atoms with E-state index in [-0.39, 0.29) is 0 Å². The fraction of sp³-hybridized carbons (Fsp3) is 0.400. The maximum atomic E-state index is 6.29. The number of halogens is 1. The quantitative estimate of drug-likeness (QED) is 0.716. The summed E-state index contributed by atoms with van der Waals surface area (Å²) < 4.78 is 3.97. The van der Waals surface area contributed by atoms with Gasteiger partial charge < -0.3 is 5.32 Å². The van der Waals surface area contributed by atoms with E-state index in [0.29, 0.717) is 6.54 Å². The zero-order valence-corrected chi connectivity index (χ0v) is 16.9. The zero-order valence-electron chi connectivity index (χ0n) is 16.1. The Morgan fingerprint density at radius 3 is 2.15 bits per heavy atom. The van der Waals surface area contributed by atoms with Crippen molar-refractivity contribution < 1.29 is 0 Å². The van der Waals surface area contributed by atoms with E-state index in [1.54, 1.807) is 0 Å². The predicted molar refractivity (Wildman–Crippen MR) is 105 cm³/mol. The Morgan fingerprint density at radius 2 is 1.54 bits per heavy atom. The Morgan fingerprint density at radius 1 is 0.923 bits per heavy atom. The lowest BCUT2D eigenvalue weighted by Gasteiger charge is -2.08. The van der Waals surface area contributed by atoms with Crippen molar-refractivity contribution in [1.29, 1.82) is 0 Å². The number of nitrogens with zero attached hydrogens (tertiary/aromatic N) is 4. The molecule has 0 amide bonds.